The number of amides is 3. The lowest BCUT2D eigenvalue weighted by Crippen LogP contribution is -2.42. The van der Waals surface area contributed by atoms with Gasteiger partial charge in [-0.2, -0.15) is 0 Å². The standard InChI is InChI=1S/C33H43N3O5.ClH/c1-21(12-17-28-23(3)11-8-18-33(28,5)6)9-7-10-22(2)19-30(38)36-26-15-13-25(14-16-26)27(31(34)39)20-29(32(40)41)35-24(4)37;/h7,9-10,12-17,19,27,29H,8,11,18,20H2,1-6H3,(H2,34,39)(H,35,37)(H,36,38)(H,40,41);1H/b10-7+,17-12+,21-9+,22-19+;. The largest absolute Gasteiger partial charge is 0.480 e. The number of anilines is 1. The third-order valence-corrected chi connectivity index (χ3v) is 7.20. The highest BCUT2D eigenvalue weighted by atomic mass is 35.5. The number of carboxylic acids is 1. The van der Waals surface area contributed by atoms with Crippen LogP contribution in [-0.2, 0) is 19.2 Å². The van der Waals surface area contributed by atoms with E-state index in [1.807, 2.05) is 32.1 Å². The topological polar surface area (TPSA) is 139 Å². The van der Waals surface area contributed by atoms with E-state index in [4.69, 9.17) is 5.73 Å². The zero-order valence-corrected chi connectivity index (χ0v) is 26.1. The maximum atomic E-state index is 12.5. The normalized spacial score (nSPS) is 17.0. The van der Waals surface area contributed by atoms with E-state index in [1.165, 1.54) is 37.0 Å². The van der Waals surface area contributed by atoms with Gasteiger partial charge in [0.15, 0.2) is 0 Å². The van der Waals surface area contributed by atoms with Gasteiger partial charge in [-0.05, 0) is 80.7 Å². The molecule has 228 valence electrons. The molecule has 2 atom stereocenters. The molecule has 1 aromatic carbocycles. The molecule has 0 spiro atoms. The number of halogens is 1. The second kappa shape index (κ2) is 16.5. The summed E-state index contributed by atoms with van der Waals surface area (Å²) in [7, 11) is 0. The molecule has 0 aromatic heterocycles. The number of allylic oxidation sites excluding steroid dienone is 9. The second-order valence-electron chi connectivity index (χ2n) is 11.3. The molecule has 3 amide bonds. The van der Waals surface area contributed by atoms with Gasteiger partial charge in [0.05, 0.1) is 5.92 Å². The van der Waals surface area contributed by atoms with Crippen molar-refractivity contribution in [2.75, 3.05) is 5.32 Å². The van der Waals surface area contributed by atoms with Crippen LogP contribution in [0.3, 0.4) is 0 Å². The number of hydrogen-bond acceptors (Lipinski definition) is 4. The van der Waals surface area contributed by atoms with Crippen LogP contribution in [0.5, 0.6) is 0 Å². The molecule has 5 N–H and O–H groups in total. The number of benzene rings is 1. The first kappa shape index (κ1) is 36.1. The summed E-state index contributed by atoms with van der Waals surface area (Å²) in [6.07, 6.45) is 15.0. The van der Waals surface area contributed by atoms with E-state index < -0.39 is 29.7 Å². The van der Waals surface area contributed by atoms with E-state index in [0.29, 0.717) is 11.3 Å². The quantitative estimate of drug-likeness (QED) is 0.170. The second-order valence-corrected chi connectivity index (χ2v) is 11.3. The number of nitrogens with one attached hydrogen (secondary N) is 2. The van der Waals surface area contributed by atoms with Crippen LogP contribution in [0, 0.1) is 5.41 Å². The minimum absolute atomic E-state index is 0. The fourth-order valence-corrected chi connectivity index (χ4v) is 4.98. The molecule has 0 bridgehead atoms. The number of carbonyl (C=O) groups excluding carboxylic acids is 3. The van der Waals surface area contributed by atoms with Gasteiger partial charge in [-0.25, -0.2) is 4.79 Å². The SMILES string of the molecule is CC(=O)NC(CC(C(N)=O)c1ccc(NC(=O)/C=C(C)/C=C/C=C(C)/C=C/C2=C(C)CCCC2(C)C)cc1)C(=O)O.Cl. The first-order valence-corrected chi connectivity index (χ1v) is 13.8. The average Bonchev–Trinajstić information content (AvgIpc) is 2.85. The van der Waals surface area contributed by atoms with Gasteiger partial charge in [-0.3, -0.25) is 14.4 Å². The van der Waals surface area contributed by atoms with Crippen molar-refractivity contribution in [1.29, 1.82) is 0 Å². The predicted octanol–water partition coefficient (Wildman–Crippen LogP) is 6.13. The number of carbonyl (C=O) groups is 4. The van der Waals surface area contributed by atoms with Crippen molar-refractivity contribution in [2.45, 2.75) is 79.2 Å². The van der Waals surface area contributed by atoms with Crippen molar-refractivity contribution >= 4 is 41.8 Å². The molecule has 0 saturated heterocycles. The van der Waals surface area contributed by atoms with Crippen LogP contribution in [-0.4, -0.2) is 34.8 Å². The molecule has 1 aliphatic carbocycles. The van der Waals surface area contributed by atoms with Crippen LogP contribution < -0.4 is 16.4 Å². The number of rotatable bonds is 12. The summed E-state index contributed by atoms with van der Waals surface area (Å²) >= 11 is 0. The van der Waals surface area contributed by atoms with Crippen LogP contribution in [0.1, 0.15) is 78.7 Å². The average molecular weight is 598 g/mol. The summed E-state index contributed by atoms with van der Waals surface area (Å²) in [4.78, 5) is 47.3. The Hall–Kier alpha value is -3.91. The van der Waals surface area contributed by atoms with E-state index >= 15 is 0 Å². The molecular weight excluding hydrogens is 554 g/mol. The molecule has 1 aliphatic rings. The molecule has 9 heteroatoms. The molecule has 2 rings (SSSR count). The number of aliphatic carboxylic acids is 1. The Morgan fingerprint density at radius 3 is 2.24 bits per heavy atom. The molecule has 0 radical (unpaired) electrons. The van der Waals surface area contributed by atoms with Gasteiger partial charge in [0.25, 0.3) is 0 Å². The zero-order chi connectivity index (χ0) is 30.7. The van der Waals surface area contributed by atoms with E-state index in [9.17, 15) is 24.3 Å². The fraction of sp³-hybridized carbons (Fsp3) is 0.394. The Balaban J connectivity index is 0.00000882. The summed E-state index contributed by atoms with van der Waals surface area (Å²) in [5.74, 6) is -3.74. The van der Waals surface area contributed by atoms with Crippen LogP contribution >= 0.6 is 12.4 Å². The number of primary amides is 1. The van der Waals surface area contributed by atoms with E-state index in [2.05, 4.69) is 43.6 Å². The third kappa shape index (κ3) is 11.5. The molecule has 0 saturated carbocycles. The minimum Gasteiger partial charge on any atom is -0.480 e. The summed E-state index contributed by atoms with van der Waals surface area (Å²) < 4.78 is 0. The Bertz CT molecular complexity index is 1300. The smallest absolute Gasteiger partial charge is 0.326 e. The number of nitrogens with two attached hydrogens (primary N) is 1. The fourth-order valence-electron chi connectivity index (χ4n) is 4.98. The van der Waals surface area contributed by atoms with Gasteiger partial charge in [0, 0.05) is 18.7 Å². The summed E-state index contributed by atoms with van der Waals surface area (Å²) in [6.45, 7) is 11.9. The highest BCUT2D eigenvalue weighted by Gasteiger charge is 2.28. The molecule has 2 unspecified atom stereocenters. The highest BCUT2D eigenvalue weighted by molar-refractivity contribution is 6.00. The molecule has 0 heterocycles. The van der Waals surface area contributed by atoms with Gasteiger partial charge in [0.2, 0.25) is 17.7 Å². The van der Waals surface area contributed by atoms with Gasteiger partial charge in [-0.1, -0.05) is 67.5 Å². The number of hydrogen-bond donors (Lipinski definition) is 4. The monoisotopic (exact) mass is 597 g/mol. The van der Waals surface area contributed by atoms with Crippen molar-refractivity contribution in [3.05, 3.63) is 88.6 Å². The molecule has 1 aromatic rings. The van der Waals surface area contributed by atoms with E-state index in [-0.39, 0.29) is 30.2 Å². The van der Waals surface area contributed by atoms with Crippen LogP contribution in [0.15, 0.2) is 83.0 Å². The molecule has 0 fully saturated rings. The Labute approximate surface area is 255 Å². The third-order valence-electron chi connectivity index (χ3n) is 7.20. The Morgan fingerprint density at radius 2 is 1.69 bits per heavy atom. The van der Waals surface area contributed by atoms with Crippen LogP contribution in [0.4, 0.5) is 5.69 Å². The zero-order valence-electron chi connectivity index (χ0n) is 25.3. The van der Waals surface area contributed by atoms with Crippen LogP contribution in [0.25, 0.3) is 0 Å². The predicted molar refractivity (Wildman–Crippen MR) is 170 cm³/mol. The van der Waals surface area contributed by atoms with Gasteiger partial charge < -0.3 is 21.5 Å². The van der Waals surface area contributed by atoms with Crippen LogP contribution in [0.2, 0.25) is 0 Å². The molecule has 42 heavy (non-hydrogen) atoms. The lowest BCUT2D eigenvalue weighted by molar-refractivity contribution is -0.142. The minimum atomic E-state index is -1.26. The molecule has 8 nitrogen and oxygen atoms in total. The van der Waals surface area contributed by atoms with Crippen molar-refractivity contribution < 1.29 is 24.3 Å². The van der Waals surface area contributed by atoms with Gasteiger partial charge in [0.1, 0.15) is 6.04 Å². The Kier molecular flexibility index (Phi) is 14.2. The van der Waals surface area contributed by atoms with Crippen molar-refractivity contribution in [3.63, 3.8) is 0 Å². The first-order valence-electron chi connectivity index (χ1n) is 13.8. The molecule has 0 aliphatic heterocycles. The Morgan fingerprint density at radius 1 is 1.05 bits per heavy atom. The van der Waals surface area contributed by atoms with Crippen molar-refractivity contribution in [2.24, 2.45) is 11.1 Å². The van der Waals surface area contributed by atoms with E-state index in [0.717, 1.165) is 17.6 Å². The van der Waals surface area contributed by atoms with Gasteiger partial charge in [-0.15, -0.1) is 12.4 Å². The summed E-state index contributed by atoms with van der Waals surface area (Å²) in [6, 6.07) is 5.16. The maximum Gasteiger partial charge on any atom is 0.326 e. The number of carboxylic acid groups (broad SMARTS) is 1. The molecular formula is C33H44ClN3O5. The van der Waals surface area contributed by atoms with Crippen molar-refractivity contribution in [3.8, 4) is 0 Å². The van der Waals surface area contributed by atoms with Gasteiger partial charge >= 0.3 is 5.97 Å². The van der Waals surface area contributed by atoms with Crippen molar-refractivity contribution in [1.82, 2.24) is 5.32 Å². The first-order chi connectivity index (χ1) is 19.2. The summed E-state index contributed by atoms with van der Waals surface area (Å²) in [5, 5.41) is 14.4. The maximum absolute atomic E-state index is 12.5. The lowest BCUT2D eigenvalue weighted by Gasteiger charge is -2.32. The highest BCUT2D eigenvalue weighted by Crippen LogP contribution is 2.40. The summed E-state index contributed by atoms with van der Waals surface area (Å²) in [5.41, 5.74) is 11.5. The van der Waals surface area contributed by atoms with E-state index in [1.54, 1.807) is 24.3 Å². The lowest BCUT2D eigenvalue weighted by atomic mass is 9.72.